The highest BCUT2D eigenvalue weighted by atomic mass is 32.2. The summed E-state index contributed by atoms with van der Waals surface area (Å²) in [5.41, 5.74) is 0.334. The first-order chi connectivity index (χ1) is 11.9. The minimum Gasteiger partial charge on any atom is -0.497 e. The average Bonchev–Trinajstić information content (AvgIpc) is 2.61. The molecule has 1 aromatic carbocycles. The van der Waals surface area contributed by atoms with Crippen LogP contribution in [0.2, 0.25) is 0 Å². The number of amides is 1. The second-order valence-corrected chi connectivity index (χ2v) is 7.93. The molecule has 0 spiro atoms. The normalized spacial score (nSPS) is 16.4. The second kappa shape index (κ2) is 8.50. The molecule has 0 unspecified atom stereocenters. The van der Waals surface area contributed by atoms with Gasteiger partial charge in [0.15, 0.2) is 0 Å². The van der Waals surface area contributed by atoms with Crippen LogP contribution in [0.4, 0.5) is 0 Å². The van der Waals surface area contributed by atoms with Gasteiger partial charge in [-0.25, -0.2) is 8.42 Å². The van der Waals surface area contributed by atoms with Gasteiger partial charge in [0.05, 0.1) is 25.5 Å². The summed E-state index contributed by atoms with van der Waals surface area (Å²) in [6.07, 6.45) is 0. The maximum atomic E-state index is 12.3. The lowest BCUT2D eigenvalue weighted by atomic mass is 10.2. The van der Waals surface area contributed by atoms with Crippen LogP contribution in [-0.4, -0.2) is 83.3 Å². The third-order valence-electron chi connectivity index (χ3n) is 4.15. The molecule has 1 fully saturated rings. The van der Waals surface area contributed by atoms with E-state index in [0.717, 1.165) is 0 Å². The lowest BCUT2D eigenvalue weighted by molar-refractivity contribution is 0.0953. The van der Waals surface area contributed by atoms with E-state index in [4.69, 9.17) is 9.47 Å². The molecule has 0 aromatic heterocycles. The van der Waals surface area contributed by atoms with Gasteiger partial charge >= 0.3 is 0 Å². The fourth-order valence-electron chi connectivity index (χ4n) is 2.57. The molecular formula is C16H25N3O5S. The number of methoxy groups -OCH3 is 2. The molecule has 1 heterocycles. The maximum absolute atomic E-state index is 12.3. The molecule has 2 rings (SSSR count). The van der Waals surface area contributed by atoms with Gasteiger partial charge in [0.2, 0.25) is 10.0 Å². The number of nitrogens with one attached hydrogen (secondary N) is 1. The van der Waals surface area contributed by atoms with Crippen molar-refractivity contribution >= 4 is 15.9 Å². The van der Waals surface area contributed by atoms with Gasteiger partial charge in [0, 0.05) is 38.8 Å². The molecule has 0 radical (unpaired) electrons. The van der Waals surface area contributed by atoms with E-state index in [2.05, 4.69) is 10.2 Å². The van der Waals surface area contributed by atoms with Gasteiger partial charge in [-0.3, -0.25) is 4.79 Å². The Bertz CT molecular complexity index is 700. The number of sulfonamides is 1. The van der Waals surface area contributed by atoms with Gasteiger partial charge in [-0.15, -0.1) is 0 Å². The zero-order chi connectivity index (χ0) is 18.4. The molecule has 9 heteroatoms. The predicted octanol–water partition coefficient (Wildman–Crippen LogP) is 0.0108. The first-order valence-electron chi connectivity index (χ1n) is 8.04. The smallest absolute Gasteiger partial charge is 0.255 e. The Balaban J connectivity index is 1.92. The average molecular weight is 371 g/mol. The Kier molecular flexibility index (Phi) is 6.63. The van der Waals surface area contributed by atoms with Crippen LogP contribution in [0.15, 0.2) is 18.2 Å². The highest BCUT2D eigenvalue weighted by Gasteiger charge is 2.25. The molecule has 8 nitrogen and oxygen atoms in total. The van der Waals surface area contributed by atoms with E-state index in [-0.39, 0.29) is 18.2 Å². The summed E-state index contributed by atoms with van der Waals surface area (Å²) >= 11 is 0. The van der Waals surface area contributed by atoms with Crippen molar-refractivity contribution < 1.29 is 22.7 Å². The van der Waals surface area contributed by atoms with Crippen molar-refractivity contribution in [2.75, 3.05) is 59.7 Å². The van der Waals surface area contributed by atoms with Gasteiger partial charge < -0.3 is 19.7 Å². The quantitative estimate of drug-likeness (QED) is 0.727. The Morgan fingerprint density at radius 1 is 1.16 bits per heavy atom. The zero-order valence-corrected chi connectivity index (χ0v) is 15.6. The van der Waals surface area contributed by atoms with Gasteiger partial charge in [-0.05, 0) is 19.2 Å². The third-order valence-corrected chi connectivity index (χ3v) is 6.03. The minimum absolute atomic E-state index is 0.0443. The largest absolute Gasteiger partial charge is 0.497 e. The van der Waals surface area contributed by atoms with E-state index in [9.17, 15) is 13.2 Å². The van der Waals surface area contributed by atoms with Crippen molar-refractivity contribution in [2.45, 2.75) is 0 Å². The molecule has 140 valence electrons. The molecule has 1 saturated heterocycles. The van der Waals surface area contributed by atoms with Crippen LogP contribution in [0.3, 0.4) is 0 Å². The van der Waals surface area contributed by atoms with Crippen LogP contribution in [0.5, 0.6) is 11.5 Å². The Morgan fingerprint density at radius 3 is 2.44 bits per heavy atom. The third kappa shape index (κ3) is 5.07. The lowest BCUT2D eigenvalue weighted by Gasteiger charge is -2.31. The summed E-state index contributed by atoms with van der Waals surface area (Å²) < 4.78 is 36.4. The summed E-state index contributed by atoms with van der Waals surface area (Å²) in [6, 6.07) is 4.84. The van der Waals surface area contributed by atoms with Crippen molar-refractivity contribution in [3.63, 3.8) is 0 Å². The summed E-state index contributed by atoms with van der Waals surface area (Å²) in [7, 11) is 1.58. The number of piperazine rings is 1. The molecule has 0 atom stereocenters. The monoisotopic (exact) mass is 371 g/mol. The first kappa shape index (κ1) is 19.5. The van der Waals surface area contributed by atoms with Crippen molar-refractivity contribution in [1.82, 2.24) is 14.5 Å². The Morgan fingerprint density at radius 2 is 1.84 bits per heavy atom. The van der Waals surface area contributed by atoms with Crippen LogP contribution in [0, 0.1) is 0 Å². The molecule has 0 saturated carbocycles. The molecule has 1 aromatic rings. The topological polar surface area (TPSA) is 88.2 Å². The second-order valence-electron chi connectivity index (χ2n) is 5.84. The Labute approximate surface area is 148 Å². The van der Waals surface area contributed by atoms with Gasteiger partial charge in [-0.1, -0.05) is 0 Å². The van der Waals surface area contributed by atoms with E-state index in [1.165, 1.54) is 18.5 Å². The zero-order valence-electron chi connectivity index (χ0n) is 14.8. The van der Waals surface area contributed by atoms with Crippen molar-refractivity contribution in [3.05, 3.63) is 23.8 Å². The highest BCUT2D eigenvalue weighted by molar-refractivity contribution is 7.89. The van der Waals surface area contributed by atoms with E-state index >= 15 is 0 Å². The van der Waals surface area contributed by atoms with E-state index in [0.29, 0.717) is 43.2 Å². The predicted molar refractivity (Wildman–Crippen MR) is 94.7 cm³/mol. The number of carbonyl (C=O) groups is 1. The lowest BCUT2D eigenvalue weighted by Crippen LogP contribution is -2.48. The van der Waals surface area contributed by atoms with E-state index in [1.807, 2.05) is 7.05 Å². The maximum Gasteiger partial charge on any atom is 0.255 e. The van der Waals surface area contributed by atoms with Gasteiger partial charge in [-0.2, -0.15) is 4.31 Å². The van der Waals surface area contributed by atoms with E-state index in [1.54, 1.807) is 18.2 Å². The fraction of sp³-hybridized carbons (Fsp3) is 0.562. The number of benzene rings is 1. The molecule has 1 aliphatic heterocycles. The van der Waals surface area contributed by atoms with Crippen LogP contribution in [-0.2, 0) is 10.0 Å². The summed E-state index contributed by atoms with van der Waals surface area (Å²) in [5, 5.41) is 2.64. The number of likely N-dealkylation sites (N-methyl/N-ethyl adjacent to an activating group) is 1. The summed E-state index contributed by atoms with van der Waals surface area (Å²) in [5.74, 6) is 0.443. The SMILES string of the molecule is COc1ccc(C(=O)NCCS(=O)(=O)N2CCN(C)CC2)c(OC)c1. The minimum atomic E-state index is -3.37. The molecule has 0 aliphatic carbocycles. The number of hydrogen-bond acceptors (Lipinski definition) is 6. The fourth-order valence-corrected chi connectivity index (χ4v) is 3.91. The number of nitrogens with zero attached hydrogens (tertiary/aromatic N) is 2. The highest BCUT2D eigenvalue weighted by Crippen LogP contribution is 2.24. The van der Waals surface area contributed by atoms with Crippen LogP contribution >= 0.6 is 0 Å². The molecule has 0 bridgehead atoms. The van der Waals surface area contributed by atoms with Gasteiger partial charge in [0.1, 0.15) is 11.5 Å². The Hall–Kier alpha value is -1.84. The molecule has 1 N–H and O–H groups in total. The first-order valence-corrected chi connectivity index (χ1v) is 9.65. The number of rotatable bonds is 7. The van der Waals surface area contributed by atoms with Crippen LogP contribution in [0.25, 0.3) is 0 Å². The number of ether oxygens (including phenoxy) is 2. The molecular weight excluding hydrogens is 346 g/mol. The van der Waals surface area contributed by atoms with Crippen LogP contribution in [0.1, 0.15) is 10.4 Å². The molecule has 1 aliphatic rings. The van der Waals surface area contributed by atoms with Crippen LogP contribution < -0.4 is 14.8 Å². The standard InChI is InChI=1S/C16H25N3O5S/c1-18-7-9-19(10-8-18)25(21,22)11-6-17-16(20)14-5-4-13(23-2)12-15(14)24-3/h4-5,12H,6-11H2,1-3H3,(H,17,20). The number of hydrogen-bond donors (Lipinski definition) is 1. The van der Waals surface area contributed by atoms with E-state index < -0.39 is 10.0 Å². The number of carbonyl (C=O) groups excluding carboxylic acids is 1. The molecule has 1 amide bonds. The summed E-state index contributed by atoms with van der Waals surface area (Å²) in [6.45, 7) is 2.45. The van der Waals surface area contributed by atoms with Crippen molar-refractivity contribution in [1.29, 1.82) is 0 Å². The van der Waals surface area contributed by atoms with Gasteiger partial charge in [0.25, 0.3) is 5.91 Å². The van der Waals surface area contributed by atoms with Crippen molar-refractivity contribution in [2.24, 2.45) is 0 Å². The van der Waals surface area contributed by atoms with Crippen molar-refractivity contribution in [3.8, 4) is 11.5 Å². The molecule has 25 heavy (non-hydrogen) atoms. The summed E-state index contributed by atoms with van der Waals surface area (Å²) in [4.78, 5) is 14.4.